The highest BCUT2D eigenvalue weighted by Crippen LogP contribution is 2.43. The second kappa shape index (κ2) is 6.25. The van der Waals surface area contributed by atoms with E-state index in [9.17, 15) is 0 Å². The summed E-state index contributed by atoms with van der Waals surface area (Å²) in [6.07, 6.45) is 4.99. The van der Waals surface area contributed by atoms with Gasteiger partial charge in [-0.15, -0.1) is 0 Å². The predicted molar refractivity (Wildman–Crippen MR) is 88.3 cm³/mol. The summed E-state index contributed by atoms with van der Waals surface area (Å²) in [6, 6.07) is 5.85. The van der Waals surface area contributed by atoms with Crippen LogP contribution in [0, 0.1) is 17.3 Å². The van der Waals surface area contributed by atoms with Crippen molar-refractivity contribution in [1.82, 2.24) is 0 Å². The third kappa shape index (κ3) is 3.69. The highest BCUT2D eigenvalue weighted by molar-refractivity contribution is 6.42. The van der Waals surface area contributed by atoms with E-state index in [0.717, 1.165) is 11.5 Å². The van der Waals surface area contributed by atoms with E-state index in [1.165, 1.54) is 25.7 Å². The van der Waals surface area contributed by atoms with Gasteiger partial charge in [0, 0.05) is 6.04 Å². The van der Waals surface area contributed by atoms with Crippen molar-refractivity contribution in [2.24, 2.45) is 23.0 Å². The fraction of sp³-hybridized carbons (Fsp3) is 0.647. The van der Waals surface area contributed by atoms with Crippen LogP contribution >= 0.6 is 23.2 Å². The Kier molecular flexibility index (Phi) is 5.05. The summed E-state index contributed by atoms with van der Waals surface area (Å²) in [5.74, 6) is 1.38. The number of hydrogen-bond acceptors (Lipinski definition) is 1. The van der Waals surface area contributed by atoms with Crippen molar-refractivity contribution in [3.63, 3.8) is 0 Å². The molecule has 1 aliphatic carbocycles. The standard InChI is InChI=1S/C17H25Cl2N/c1-17(2,3)13-7-4-11(5-8-13)16(20)12-6-9-14(18)15(19)10-12/h6,9-11,13,16H,4-5,7-8,20H2,1-3H3. The second-order valence-electron chi connectivity index (χ2n) is 7.18. The van der Waals surface area contributed by atoms with E-state index in [0.29, 0.717) is 21.4 Å². The summed E-state index contributed by atoms with van der Waals surface area (Å²) < 4.78 is 0. The van der Waals surface area contributed by atoms with Gasteiger partial charge in [-0.05, 0) is 60.6 Å². The van der Waals surface area contributed by atoms with Gasteiger partial charge in [-0.25, -0.2) is 0 Å². The molecule has 1 aromatic carbocycles. The molecule has 0 bridgehead atoms. The molecule has 1 atom stereocenters. The van der Waals surface area contributed by atoms with E-state index < -0.39 is 0 Å². The Morgan fingerprint density at radius 3 is 2.15 bits per heavy atom. The first kappa shape index (κ1) is 16.1. The van der Waals surface area contributed by atoms with Gasteiger partial charge in [-0.3, -0.25) is 0 Å². The van der Waals surface area contributed by atoms with Crippen LogP contribution in [0.1, 0.15) is 58.1 Å². The molecule has 3 heteroatoms. The molecular weight excluding hydrogens is 289 g/mol. The zero-order chi connectivity index (χ0) is 14.9. The van der Waals surface area contributed by atoms with Gasteiger partial charge in [-0.1, -0.05) is 50.0 Å². The maximum atomic E-state index is 6.44. The summed E-state index contributed by atoms with van der Waals surface area (Å²) in [5.41, 5.74) is 7.97. The highest BCUT2D eigenvalue weighted by atomic mass is 35.5. The monoisotopic (exact) mass is 313 g/mol. The van der Waals surface area contributed by atoms with Gasteiger partial charge >= 0.3 is 0 Å². The Bertz CT molecular complexity index is 457. The van der Waals surface area contributed by atoms with Crippen LogP contribution in [-0.4, -0.2) is 0 Å². The van der Waals surface area contributed by atoms with Gasteiger partial charge in [0.2, 0.25) is 0 Å². The fourth-order valence-electron chi connectivity index (χ4n) is 3.34. The van der Waals surface area contributed by atoms with Crippen molar-refractivity contribution < 1.29 is 0 Å². The van der Waals surface area contributed by atoms with Gasteiger partial charge in [-0.2, -0.15) is 0 Å². The molecule has 0 aliphatic heterocycles. The van der Waals surface area contributed by atoms with E-state index in [1.54, 1.807) is 0 Å². The summed E-state index contributed by atoms with van der Waals surface area (Å²) >= 11 is 12.1. The molecule has 1 saturated carbocycles. The van der Waals surface area contributed by atoms with E-state index in [1.807, 2.05) is 18.2 Å². The third-order valence-corrected chi connectivity index (χ3v) is 5.57. The van der Waals surface area contributed by atoms with Crippen LogP contribution in [0.5, 0.6) is 0 Å². The van der Waals surface area contributed by atoms with Crippen LogP contribution in [0.4, 0.5) is 0 Å². The van der Waals surface area contributed by atoms with Crippen LogP contribution < -0.4 is 5.73 Å². The molecule has 0 radical (unpaired) electrons. The number of hydrogen-bond donors (Lipinski definition) is 1. The molecule has 2 N–H and O–H groups in total. The Morgan fingerprint density at radius 2 is 1.65 bits per heavy atom. The lowest BCUT2D eigenvalue weighted by Crippen LogP contribution is -2.30. The van der Waals surface area contributed by atoms with Gasteiger partial charge < -0.3 is 5.73 Å². The van der Waals surface area contributed by atoms with Gasteiger partial charge in [0.1, 0.15) is 0 Å². The molecule has 1 aromatic rings. The zero-order valence-electron chi connectivity index (χ0n) is 12.6. The lowest BCUT2D eigenvalue weighted by Gasteiger charge is -2.38. The molecule has 0 saturated heterocycles. The summed E-state index contributed by atoms with van der Waals surface area (Å²) in [5, 5.41) is 1.20. The van der Waals surface area contributed by atoms with Gasteiger partial charge in [0.05, 0.1) is 10.0 Å². The first-order chi connectivity index (χ1) is 9.29. The van der Waals surface area contributed by atoms with Crippen LogP contribution in [-0.2, 0) is 0 Å². The average molecular weight is 314 g/mol. The lowest BCUT2D eigenvalue weighted by molar-refractivity contribution is 0.139. The quantitative estimate of drug-likeness (QED) is 0.728. The molecule has 1 unspecified atom stereocenters. The van der Waals surface area contributed by atoms with Crippen LogP contribution in [0.25, 0.3) is 0 Å². The van der Waals surface area contributed by atoms with E-state index in [4.69, 9.17) is 28.9 Å². The predicted octanol–water partition coefficient (Wildman–Crippen LogP) is 5.85. The number of nitrogens with two attached hydrogens (primary N) is 1. The Balaban J connectivity index is 2.01. The van der Waals surface area contributed by atoms with Crippen LogP contribution in [0.2, 0.25) is 10.0 Å². The van der Waals surface area contributed by atoms with Crippen molar-refractivity contribution in [3.8, 4) is 0 Å². The molecule has 112 valence electrons. The van der Waals surface area contributed by atoms with E-state index in [-0.39, 0.29) is 6.04 Å². The minimum Gasteiger partial charge on any atom is -0.324 e. The number of rotatable bonds is 2. The van der Waals surface area contributed by atoms with Crippen LogP contribution in [0.3, 0.4) is 0 Å². The smallest absolute Gasteiger partial charge is 0.0595 e. The average Bonchev–Trinajstić information content (AvgIpc) is 2.40. The first-order valence-corrected chi connectivity index (χ1v) is 8.25. The van der Waals surface area contributed by atoms with Crippen molar-refractivity contribution in [2.75, 3.05) is 0 Å². The normalized spacial score (nSPS) is 25.5. The summed E-state index contributed by atoms with van der Waals surface area (Å²) in [4.78, 5) is 0. The Hall–Kier alpha value is -0.240. The Labute approximate surface area is 132 Å². The SMILES string of the molecule is CC(C)(C)C1CCC(C(N)c2ccc(Cl)c(Cl)c2)CC1. The van der Waals surface area contributed by atoms with E-state index >= 15 is 0 Å². The zero-order valence-corrected chi connectivity index (χ0v) is 14.1. The highest BCUT2D eigenvalue weighted by Gasteiger charge is 2.32. The number of halogens is 2. The molecule has 1 fully saturated rings. The molecule has 0 amide bonds. The molecule has 1 nitrogen and oxygen atoms in total. The minimum atomic E-state index is 0.0747. The largest absolute Gasteiger partial charge is 0.324 e. The lowest BCUT2D eigenvalue weighted by atomic mass is 9.68. The van der Waals surface area contributed by atoms with E-state index in [2.05, 4.69) is 20.8 Å². The fourth-order valence-corrected chi connectivity index (χ4v) is 3.64. The topological polar surface area (TPSA) is 26.0 Å². The van der Waals surface area contributed by atoms with Gasteiger partial charge in [0.25, 0.3) is 0 Å². The molecular formula is C17H25Cl2N. The van der Waals surface area contributed by atoms with Crippen molar-refractivity contribution in [3.05, 3.63) is 33.8 Å². The van der Waals surface area contributed by atoms with Crippen molar-refractivity contribution in [1.29, 1.82) is 0 Å². The minimum absolute atomic E-state index is 0.0747. The summed E-state index contributed by atoms with van der Waals surface area (Å²) in [6.45, 7) is 7.03. The molecule has 0 aromatic heterocycles. The van der Waals surface area contributed by atoms with Crippen LogP contribution in [0.15, 0.2) is 18.2 Å². The molecule has 20 heavy (non-hydrogen) atoms. The molecule has 2 rings (SSSR count). The van der Waals surface area contributed by atoms with Crippen molar-refractivity contribution >= 4 is 23.2 Å². The second-order valence-corrected chi connectivity index (χ2v) is 7.99. The first-order valence-electron chi connectivity index (χ1n) is 7.49. The molecule has 1 aliphatic rings. The van der Waals surface area contributed by atoms with Crippen molar-refractivity contribution in [2.45, 2.75) is 52.5 Å². The molecule has 0 spiro atoms. The molecule has 0 heterocycles. The summed E-state index contributed by atoms with van der Waals surface area (Å²) in [7, 11) is 0. The Morgan fingerprint density at radius 1 is 1.05 bits per heavy atom. The maximum absolute atomic E-state index is 6.44. The third-order valence-electron chi connectivity index (χ3n) is 4.83. The number of benzene rings is 1. The van der Waals surface area contributed by atoms with Gasteiger partial charge in [0.15, 0.2) is 0 Å². The maximum Gasteiger partial charge on any atom is 0.0595 e.